The molecule has 0 heterocycles. The first-order chi connectivity index (χ1) is 8.07. The molecule has 0 fully saturated rings. The van der Waals surface area contributed by atoms with Gasteiger partial charge in [-0.3, -0.25) is 0 Å². The standard InChI is InChI=1S/C10H10ClF3O3S/c1-6-5-7(3-4-8(6)17-2)9(10(12,13)14)18(11,15)16/h3-5,9H,1-2H3. The fraction of sp³-hybridized carbons (Fsp3) is 0.400. The highest BCUT2D eigenvalue weighted by Gasteiger charge is 2.49. The summed E-state index contributed by atoms with van der Waals surface area (Å²) in [6.45, 7) is 1.51. The van der Waals surface area contributed by atoms with Gasteiger partial charge in [0, 0.05) is 10.7 Å². The van der Waals surface area contributed by atoms with E-state index in [9.17, 15) is 21.6 Å². The molecule has 18 heavy (non-hydrogen) atoms. The molecule has 1 atom stereocenters. The zero-order valence-corrected chi connectivity index (χ0v) is 11.0. The molecule has 8 heteroatoms. The van der Waals surface area contributed by atoms with Gasteiger partial charge in [0.2, 0.25) is 9.05 Å². The van der Waals surface area contributed by atoms with Gasteiger partial charge in [-0.15, -0.1) is 0 Å². The summed E-state index contributed by atoms with van der Waals surface area (Å²) in [6, 6.07) is 3.40. The van der Waals surface area contributed by atoms with Crippen molar-refractivity contribution >= 4 is 19.7 Å². The maximum absolute atomic E-state index is 12.7. The minimum absolute atomic E-state index is 0.367. The Morgan fingerprint density at radius 2 is 1.89 bits per heavy atom. The molecule has 3 nitrogen and oxygen atoms in total. The molecule has 0 aliphatic carbocycles. The van der Waals surface area contributed by atoms with E-state index in [1.165, 1.54) is 20.1 Å². The van der Waals surface area contributed by atoms with Crippen LogP contribution < -0.4 is 4.74 Å². The van der Waals surface area contributed by atoms with Crippen molar-refractivity contribution < 1.29 is 26.3 Å². The van der Waals surface area contributed by atoms with Crippen LogP contribution in [0, 0.1) is 6.92 Å². The molecule has 0 N–H and O–H groups in total. The average Bonchev–Trinajstić information content (AvgIpc) is 2.13. The van der Waals surface area contributed by atoms with Crippen molar-refractivity contribution in [2.24, 2.45) is 0 Å². The SMILES string of the molecule is COc1ccc(C(C(F)(F)F)S(=O)(=O)Cl)cc1C. The number of methoxy groups -OCH3 is 1. The van der Waals surface area contributed by atoms with Crippen LogP contribution in [0.15, 0.2) is 18.2 Å². The van der Waals surface area contributed by atoms with Crippen LogP contribution in [-0.2, 0) is 9.05 Å². The monoisotopic (exact) mass is 302 g/mol. The maximum Gasteiger partial charge on any atom is 0.410 e. The minimum atomic E-state index is -4.97. The van der Waals surface area contributed by atoms with Gasteiger partial charge in [-0.05, 0) is 24.1 Å². The third-order valence-electron chi connectivity index (χ3n) is 2.30. The molecule has 0 spiro atoms. The quantitative estimate of drug-likeness (QED) is 0.806. The Balaban J connectivity index is 3.37. The van der Waals surface area contributed by atoms with Gasteiger partial charge in [0.1, 0.15) is 5.75 Å². The van der Waals surface area contributed by atoms with Gasteiger partial charge in [0.05, 0.1) is 7.11 Å². The summed E-state index contributed by atoms with van der Waals surface area (Å²) in [7, 11) is 1.42. The van der Waals surface area contributed by atoms with Gasteiger partial charge in [0.15, 0.2) is 5.25 Å². The Labute approximate surface area is 107 Å². The van der Waals surface area contributed by atoms with Crippen molar-refractivity contribution in [2.75, 3.05) is 7.11 Å². The van der Waals surface area contributed by atoms with E-state index in [-0.39, 0.29) is 0 Å². The van der Waals surface area contributed by atoms with Gasteiger partial charge < -0.3 is 4.74 Å². The molecule has 0 amide bonds. The Morgan fingerprint density at radius 3 is 2.22 bits per heavy atom. The zero-order chi connectivity index (χ0) is 14.1. The summed E-state index contributed by atoms with van der Waals surface area (Å²) in [4.78, 5) is 0. The van der Waals surface area contributed by atoms with Crippen LogP contribution in [-0.4, -0.2) is 21.7 Å². The Hall–Kier alpha value is -0.950. The molecular formula is C10H10ClF3O3S. The third kappa shape index (κ3) is 3.29. The van der Waals surface area contributed by atoms with Crippen LogP contribution in [0.25, 0.3) is 0 Å². The van der Waals surface area contributed by atoms with Gasteiger partial charge in [0.25, 0.3) is 0 Å². The van der Waals surface area contributed by atoms with E-state index in [1.807, 2.05) is 0 Å². The van der Waals surface area contributed by atoms with Crippen LogP contribution >= 0.6 is 10.7 Å². The fourth-order valence-electron chi connectivity index (χ4n) is 1.58. The molecule has 1 unspecified atom stereocenters. The largest absolute Gasteiger partial charge is 0.496 e. The number of rotatable bonds is 3. The predicted octanol–water partition coefficient (Wildman–Crippen LogP) is 3.18. The van der Waals surface area contributed by atoms with Crippen molar-refractivity contribution in [2.45, 2.75) is 18.3 Å². The minimum Gasteiger partial charge on any atom is -0.496 e. The average molecular weight is 303 g/mol. The summed E-state index contributed by atoms with van der Waals surface area (Å²) in [5.74, 6) is 0.367. The molecule has 0 radical (unpaired) electrons. The van der Waals surface area contributed by atoms with E-state index in [1.54, 1.807) is 0 Å². The molecule has 0 saturated heterocycles. The Kier molecular flexibility index (Phi) is 4.17. The highest BCUT2D eigenvalue weighted by molar-refractivity contribution is 8.14. The van der Waals surface area contributed by atoms with Crippen molar-refractivity contribution in [3.63, 3.8) is 0 Å². The number of halogens is 4. The van der Waals surface area contributed by atoms with E-state index in [2.05, 4.69) is 0 Å². The fourth-order valence-corrected chi connectivity index (χ4v) is 2.98. The molecule has 0 aliphatic rings. The number of aryl methyl sites for hydroxylation is 1. The summed E-state index contributed by atoms with van der Waals surface area (Å²) in [5, 5.41) is -2.74. The molecule has 1 aromatic carbocycles. The van der Waals surface area contributed by atoms with Crippen LogP contribution in [0.1, 0.15) is 16.4 Å². The molecule has 0 saturated carbocycles. The smallest absolute Gasteiger partial charge is 0.410 e. The summed E-state index contributed by atoms with van der Waals surface area (Å²) >= 11 is 0. The Bertz CT molecular complexity index is 540. The van der Waals surface area contributed by atoms with Crippen LogP contribution in [0.2, 0.25) is 0 Å². The third-order valence-corrected chi connectivity index (χ3v) is 3.94. The first-order valence-corrected chi connectivity index (χ1v) is 7.09. The van der Waals surface area contributed by atoms with Gasteiger partial charge in [-0.2, -0.15) is 13.2 Å². The molecular weight excluding hydrogens is 293 g/mol. The second kappa shape index (κ2) is 4.97. The van der Waals surface area contributed by atoms with Crippen molar-refractivity contribution in [3.05, 3.63) is 29.3 Å². The number of hydrogen-bond donors (Lipinski definition) is 0. The predicted molar refractivity (Wildman–Crippen MR) is 61.3 cm³/mol. The number of hydrogen-bond acceptors (Lipinski definition) is 3. The summed E-state index contributed by atoms with van der Waals surface area (Å²) in [6.07, 6.45) is -4.97. The lowest BCUT2D eigenvalue weighted by atomic mass is 10.1. The number of alkyl halides is 3. The maximum atomic E-state index is 12.7. The van der Waals surface area contributed by atoms with Gasteiger partial charge >= 0.3 is 6.18 Å². The zero-order valence-electron chi connectivity index (χ0n) is 9.45. The lowest BCUT2D eigenvalue weighted by molar-refractivity contribution is -0.131. The summed E-state index contributed by atoms with van der Waals surface area (Å²) in [5.41, 5.74) is -0.0413. The van der Waals surface area contributed by atoms with Gasteiger partial charge in [-0.25, -0.2) is 8.42 Å². The first-order valence-electron chi connectivity index (χ1n) is 4.72. The topological polar surface area (TPSA) is 43.4 Å². The van der Waals surface area contributed by atoms with Gasteiger partial charge in [-0.1, -0.05) is 12.1 Å². The molecule has 102 valence electrons. The molecule has 0 bridgehead atoms. The second-order valence-corrected chi connectivity index (χ2v) is 6.34. The van der Waals surface area contributed by atoms with Crippen molar-refractivity contribution in [3.8, 4) is 5.75 Å². The van der Waals surface area contributed by atoms with Crippen molar-refractivity contribution in [1.29, 1.82) is 0 Å². The highest BCUT2D eigenvalue weighted by atomic mass is 35.7. The van der Waals surface area contributed by atoms with E-state index in [0.29, 0.717) is 11.3 Å². The highest BCUT2D eigenvalue weighted by Crippen LogP contribution is 2.41. The van der Waals surface area contributed by atoms with E-state index in [0.717, 1.165) is 12.1 Å². The van der Waals surface area contributed by atoms with Crippen LogP contribution in [0.5, 0.6) is 5.75 Å². The lowest BCUT2D eigenvalue weighted by Crippen LogP contribution is -2.25. The number of benzene rings is 1. The van der Waals surface area contributed by atoms with E-state index < -0.39 is 26.0 Å². The first kappa shape index (κ1) is 15.1. The van der Waals surface area contributed by atoms with Crippen LogP contribution in [0.4, 0.5) is 13.2 Å². The van der Waals surface area contributed by atoms with Crippen molar-refractivity contribution in [1.82, 2.24) is 0 Å². The normalized spacial score (nSPS) is 14.3. The molecule has 0 aromatic heterocycles. The van der Waals surface area contributed by atoms with Crippen LogP contribution in [0.3, 0.4) is 0 Å². The molecule has 1 aromatic rings. The van der Waals surface area contributed by atoms with E-state index in [4.69, 9.17) is 15.4 Å². The molecule has 1 rings (SSSR count). The lowest BCUT2D eigenvalue weighted by Gasteiger charge is -2.18. The Morgan fingerprint density at radius 1 is 1.33 bits per heavy atom. The second-order valence-electron chi connectivity index (χ2n) is 3.63. The summed E-state index contributed by atoms with van der Waals surface area (Å²) < 4.78 is 65.2. The van der Waals surface area contributed by atoms with E-state index >= 15 is 0 Å². The number of ether oxygens (including phenoxy) is 1. The molecule has 0 aliphatic heterocycles.